The van der Waals surface area contributed by atoms with Crippen LogP contribution in [-0.4, -0.2) is 77.4 Å². The van der Waals surface area contributed by atoms with Crippen molar-refractivity contribution in [2.24, 2.45) is 0 Å². The van der Waals surface area contributed by atoms with Crippen molar-refractivity contribution in [2.45, 2.75) is 25.4 Å². The molecule has 3 saturated heterocycles. The third kappa shape index (κ3) is 2.47. The Labute approximate surface area is 150 Å². The molecule has 1 aromatic rings. The van der Waals surface area contributed by atoms with E-state index in [2.05, 4.69) is 0 Å². The van der Waals surface area contributed by atoms with Gasteiger partial charge in [0.15, 0.2) is 0 Å². The number of fused-ring (bicyclic) bond motifs is 1. The van der Waals surface area contributed by atoms with Crippen molar-refractivity contribution in [3.63, 3.8) is 0 Å². The summed E-state index contributed by atoms with van der Waals surface area (Å²) in [5.74, 6) is -0.757. The van der Waals surface area contributed by atoms with E-state index in [1.165, 1.54) is 15.9 Å². The molecule has 0 bridgehead atoms. The van der Waals surface area contributed by atoms with Crippen molar-refractivity contribution in [3.05, 3.63) is 30.1 Å². The van der Waals surface area contributed by atoms with Gasteiger partial charge in [0.25, 0.3) is 5.91 Å². The van der Waals surface area contributed by atoms with Crippen LogP contribution in [0.25, 0.3) is 0 Å². The summed E-state index contributed by atoms with van der Waals surface area (Å²) >= 11 is 0. The van der Waals surface area contributed by atoms with Crippen LogP contribution in [0.1, 0.15) is 13.3 Å². The molecule has 0 spiro atoms. The van der Waals surface area contributed by atoms with Crippen molar-refractivity contribution >= 4 is 23.5 Å². The molecule has 0 saturated carbocycles. The number of rotatable bonds is 3. The van der Waals surface area contributed by atoms with E-state index >= 15 is 0 Å². The minimum atomic E-state index is -0.522. The standard InChI is InChI=1S/C18H21FN4O3/c1-2-21-17(25)15-11-20(9-10-23(15)18(21)26)14-7-8-22(16(14)24)13-6-4-3-5-12(13)19/h3-6,14-15H,2,7-11H2,1H3. The molecule has 0 N–H and O–H groups in total. The minimum absolute atomic E-state index is 0.146. The summed E-state index contributed by atoms with van der Waals surface area (Å²) in [6, 6.07) is 5.11. The zero-order chi connectivity index (χ0) is 18.4. The highest BCUT2D eigenvalue weighted by Gasteiger charge is 2.49. The van der Waals surface area contributed by atoms with Crippen molar-refractivity contribution in [1.82, 2.24) is 14.7 Å². The second kappa shape index (κ2) is 6.35. The molecule has 3 fully saturated rings. The molecule has 1 aromatic carbocycles. The fourth-order valence-electron chi connectivity index (χ4n) is 4.16. The Balaban J connectivity index is 1.50. The predicted molar refractivity (Wildman–Crippen MR) is 92.0 cm³/mol. The highest BCUT2D eigenvalue weighted by Crippen LogP contribution is 2.29. The second-order valence-corrected chi connectivity index (χ2v) is 6.81. The number of piperazine rings is 1. The first-order valence-corrected chi connectivity index (χ1v) is 8.95. The normalized spacial score (nSPS) is 26.8. The number of urea groups is 1. The van der Waals surface area contributed by atoms with Crippen molar-refractivity contribution in [2.75, 3.05) is 37.6 Å². The molecule has 3 heterocycles. The molecule has 0 aliphatic carbocycles. The predicted octanol–water partition coefficient (Wildman–Crippen LogP) is 0.899. The topological polar surface area (TPSA) is 64.2 Å². The molecule has 2 atom stereocenters. The molecule has 0 aromatic heterocycles. The molecular weight excluding hydrogens is 339 g/mol. The maximum absolute atomic E-state index is 14.0. The highest BCUT2D eigenvalue weighted by molar-refractivity contribution is 6.04. The summed E-state index contributed by atoms with van der Waals surface area (Å²) in [6.45, 7) is 3.89. The number of carbonyl (C=O) groups is 3. The summed E-state index contributed by atoms with van der Waals surface area (Å²) in [4.78, 5) is 43.8. The van der Waals surface area contributed by atoms with Gasteiger partial charge >= 0.3 is 6.03 Å². The highest BCUT2D eigenvalue weighted by atomic mass is 19.1. The number of nitrogens with zero attached hydrogens (tertiary/aromatic N) is 4. The molecule has 0 radical (unpaired) electrons. The average molecular weight is 360 g/mol. The zero-order valence-corrected chi connectivity index (χ0v) is 14.6. The Hall–Kier alpha value is -2.48. The average Bonchev–Trinajstić information content (AvgIpc) is 3.13. The number of hydrogen-bond donors (Lipinski definition) is 0. The van der Waals surface area contributed by atoms with E-state index in [4.69, 9.17) is 0 Å². The van der Waals surface area contributed by atoms with Crippen LogP contribution in [-0.2, 0) is 9.59 Å². The number of carbonyl (C=O) groups excluding carboxylic acids is 3. The van der Waals surface area contributed by atoms with E-state index in [0.29, 0.717) is 44.8 Å². The molecule has 7 nitrogen and oxygen atoms in total. The van der Waals surface area contributed by atoms with Crippen LogP contribution in [0.4, 0.5) is 14.9 Å². The lowest BCUT2D eigenvalue weighted by atomic mass is 10.1. The van der Waals surface area contributed by atoms with Gasteiger partial charge in [0.1, 0.15) is 11.9 Å². The SMILES string of the molecule is CCN1C(=O)C2CN(C3CCN(c4ccccc4F)C3=O)CCN2C1=O. The van der Waals surface area contributed by atoms with Crippen LogP contribution in [0.3, 0.4) is 0 Å². The van der Waals surface area contributed by atoms with Gasteiger partial charge in [0, 0.05) is 32.7 Å². The van der Waals surface area contributed by atoms with Crippen LogP contribution >= 0.6 is 0 Å². The monoisotopic (exact) mass is 360 g/mol. The molecule has 3 aliphatic rings. The fraction of sp³-hybridized carbons (Fsp3) is 0.500. The lowest BCUT2D eigenvalue weighted by Gasteiger charge is -2.37. The van der Waals surface area contributed by atoms with Gasteiger partial charge in [-0.25, -0.2) is 9.18 Å². The summed E-state index contributed by atoms with van der Waals surface area (Å²) in [5.41, 5.74) is 0.294. The van der Waals surface area contributed by atoms with Crippen LogP contribution in [0.15, 0.2) is 24.3 Å². The summed E-state index contributed by atoms with van der Waals surface area (Å²) in [6.07, 6.45) is 0.583. The lowest BCUT2D eigenvalue weighted by Crippen LogP contribution is -2.57. The fourth-order valence-corrected chi connectivity index (χ4v) is 4.16. The summed E-state index contributed by atoms with van der Waals surface area (Å²) < 4.78 is 14.0. The van der Waals surface area contributed by atoms with Gasteiger partial charge in [0.05, 0.1) is 11.7 Å². The van der Waals surface area contributed by atoms with Crippen molar-refractivity contribution in [1.29, 1.82) is 0 Å². The van der Waals surface area contributed by atoms with Gasteiger partial charge in [-0.05, 0) is 25.5 Å². The van der Waals surface area contributed by atoms with Gasteiger partial charge < -0.3 is 9.80 Å². The zero-order valence-electron chi connectivity index (χ0n) is 14.6. The van der Waals surface area contributed by atoms with E-state index in [9.17, 15) is 18.8 Å². The first kappa shape index (κ1) is 17.0. The van der Waals surface area contributed by atoms with Crippen LogP contribution < -0.4 is 4.90 Å². The Morgan fingerprint density at radius 3 is 2.54 bits per heavy atom. The number of amides is 4. The van der Waals surface area contributed by atoms with Crippen molar-refractivity contribution in [3.8, 4) is 0 Å². The number of imide groups is 1. The van der Waals surface area contributed by atoms with Crippen molar-refractivity contribution < 1.29 is 18.8 Å². The van der Waals surface area contributed by atoms with E-state index in [0.717, 1.165) is 0 Å². The van der Waals surface area contributed by atoms with E-state index < -0.39 is 11.9 Å². The Kier molecular flexibility index (Phi) is 4.14. The molecule has 4 amide bonds. The first-order chi connectivity index (χ1) is 12.5. The van der Waals surface area contributed by atoms with E-state index in [1.807, 2.05) is 4.90 Å². The molecule has 8 heteroatoms. The molecule has 2 unspecified atom stereocenters. The number of likely N-dealkylation sites (N-methyl/N-ethyl adjacent to an activating group) is 1. The molecular formula is C18H21FN4O3. The molecule has 26 heavy (non-hydrogen) atoms. The largest absolute Gasteiger partial charge is 0.327 e. The Morgan fingerprint density at radius 2 is 1.81 bits per heavy atom. The van der Waals surface area contributed by atoms with Gasteiger partial charge in [-0.3, -0.25) is 19.4 Å². The molecule has 4 rings (SSSR count). The maximum Gasteiger partial charge on any atom is 0.327 e. The Bertz CT molecular complexity index is 771. The van der Waals surface area contributed by atoms with E-state index in [-0.39, 0.29) is 23.9 Å². The third-order valence-electron chi connectivity index (χ3n) is 5.52. The van der Waals surface area contributed by atoms with Crippen LogP contribution in [0.5, 0.6) is 0 Å². The summed E-state index contributed by atoms with van der Waals surface area (Å²) in [7, 11) is 0. The van der Waals surface area contributed by atoms with Gasteiger partial charge in [-0.1, -0.05) is 12.1 Å². The number of halogens is 1. The number of hydrogen-bond acceptors (Lipinski definition) is 4. The molecule has 3 aliphatic heterocycles. The number of benzene rings is 1. The smallest absolute Gasteiger partial charge is 0.310 e. The third-order valence-corrected chi connectivity index (χ3v) is 5.52. The molecule has 138 valence electrons. The quantitative estimate of drug-likeness (QED) is 0.752. The number of para-hydroxylation sites is 1. The maximum atomic E-state index is 14.0. The summed E-state index contributed by atoms with van der Waals surface area (Å²) in [5, 5.41) is 0. The van der Waals surface area contributed by atoms with Gasteiger partial charge in [0.2, 0.25) is 5.91 Å². The van der Waals surface area contributed by atoms with E-state index in [1.54, 1.807) is 30.0 Å². The van der Waals surface area contributed by atoms with Gasteiger partial charge in [-0.2, -0.15) is 0 Å². The minimum Gasteiger partial charge on any atom is -0.310 e. The van der Waals surface area contributed by atoms with Crippen LogP contribution in [0, 0.1) is 5.82 Å². The van der Waals surface area contributed by atoms with Crippen LogP contribution in [0.2, 0.25) is 0 Å². The first-order valence-electron chi connectivity index (χ1n) is 8.95. The Morgan fingerprint density at radius 1 is 1.04 bits per heavy atom. The lowest BCUT2D eigenvalue weighted by molar-refractivity contribution is -0.131. The number of anilines is 1. The van der Waals surface area contributed by atoms with Gasteiger partial charge in [-0.15, -0.1) is 0 Å². The second-order valence-electron chi connectivity index (χ2n) is 6.81.